The number of fused-ring (bicyclic) bond motifs is 1. The zero-order chi connectivity index (χ0) is 47.4. The van der Waals surface area contributed by atoms with Crippen LogP contribution in [-0.4, -0.2) is 124 Å². The van der Waals surface area contributed by atoms with E-state index < -0.39 is 41.2 Å². The number of nitrogens with zero attached hydrogens (tertiary/aromatic N) is 5. The summed E-state index contributed by atoms with van der Waals surface area (Å²) in [5, 5.41) is 3.80. The molecule has 8 rings (SSSR count). The van der Waals surface area contributed by atoms with E-state index in [0.717, 1.165) is 73.8 Å². The van der Waals surface area contributed by atoms with Crippen molar-refractivity contribution in [3.8, 4) is 0 Å². The SMILES string of the molecule is CC1(C)CCC(c2ccc(Cl)cc2)=C(CN2CCC(N3CCc4c(ncnc4NS(=O)(=O)c4ccc(NC(CCN5CCOCC5)CSc5ccccc5)c(S(=O)(=O)C(F)(F)F)c4)C3)CC2)C1. The molecule has 19 heteroatoms. The van der Waals surface area contributed by atoms with Gasteiger partial charge in [0.25, 0.3) is 19.9 Å². The highest BCUT2D eigenvalue weighted by atomic mass is 35.5. The first-order chi connectivity index (χ1) is 31.9. The summed E-state index contributed by atoms with van der Waals surface area (Å²) in [4.78, 5) is 15.0. The zero-order valence-electron chi connectivity index (χ0n) is 37.9. The van der Waals surface area contributed by atoms with Gasteiger partial charge in [-0.25, -0.2) is 26.8 Å². The molecular weight excluding hydrogens is 943 g/mol. The number of alkyl halides is 3. The lowest BCUT2D eigenvalue weighted by Gasteiger charge is -2.42. The molecule has 3 aromatic carbocycles. The second-order valence-corrected chi connectivity index (χ2v) is 23.8. The van der Waals surface area contributed by atoms with E-state index in [9.17, 15) is 30.0 Å². The maximum atomic E-state index is 14.3. The maximum Gasteiger partial charge on any atom is 0.501 e. The molecule has 12 nitrogen and oxygen atoms in total. The molecule has 1 atom stereocenters. The van der Waals surface area contributed by atoms with Gasteiger partial charge in [0.1, 0.15) is 17.0 Å². The number of nitrogens with one attached hydrogen (secondary N) is 2. The molecule has 0 radical (unpaired) electrons. The quantitative estimate of drug-likeness (QED) is 0.104. The van der Waals surface area contributed by atoms with Crippen LogP contribution in [0.3, 0.4) is 0 Å². The predicted octanol–water partition coefficient (Wildman–Crippen LogP) is 9.01. The first-order valence-electron chi connectivity index (χ1n) is 22.9. The molecule has 362 valence electrons. The molecule has 4 heterocycles. The van der Waals surface area contributed by atoms with Gasteiger partial charge in [0, 0.05) is 72.6 Å². The summed E-state index contributed by atoms with van der Waals surface area (Å²) in [6.45, 7) is 11.8. The fourth-order valence-electron chi connectivity index (χ4n) is 9.67. The van der Waals surface area contributed by atoms with E-state index in [4.69, 9.17) is 16.3 Å². The summed E-state index contributed by atoms with van der Waals surface area (Å²) in [5.41, 5.74) is -0.333. The average Bonchev–Trinajstić information content (AvgIpc) is 3.30. The number of likely N-dealkylation sites (tertiary alicyclic amines) is 1. The smallest absolute Gasteiger partial charge is 0.380 e. The minimum Gasteiger partial charge on any atom is -0.380 e. The molecule has 2 saturated heterocycles. The van der Waals surface area contributed by atoms with E-state index >= 15 is 0 Å². The number of piperidine rings is 1. The predicted molar refractivity (Wildman–Crippen MR) is 259 cm³/mol. The van der Waals surface area contributed by atoms with Gasteiger partial charge < -0.3 is 10.1 Å². The lowest BCUT2D eigenvalue weighted by molar-refractivity contribution is -0.0435. The van der Waals surface area contributed by atoms with E-state index in [1.54, 1.807) is 0 Å². The number of sulfone groups is 1. The number of thioether (sulfide) groups is 1. The van der Waals surface area contributed by atoms with Gasteiger partial charge in [0.2, 0.25) is 0 Å². The Hall–Kier alpha value is -3.75. The first kappa shape index (κ1) is 49.7. The minimum absolute atomic E-state index is 0.0168. The third-order valence-corrected chi connectivity index (χ3v) is 17.7. The van der Waals surface area contributed by atoms with E-state index in [1.165, 1.54) is 34.8 Å². The third-order valence-electron chi connectivity index (χ3n) is 13.4. The minimum atomic E-state index is -6.00. The summed E-state index contributed by atoms with van der Waals surface area (Å²) in [5.74, 6) is 0.420. The maximum absolute atomic E-state index is 14.3. The number of allylic oxidation sites excluding steroid dienone is 1. The van der Waals surface area contributed by atoms with Crippen molar-refractivity contribution < 1.29 is 34.7 Å². The van der Waals surface area contributed by atoms with Crippen molar-refractivity contribution in [3.05, 3.63) is 107 Å². The molecule has 2 fully saturated rings. The average molecular weight is 1000 g/mol. The fourth-order valence-corrected chi connectivity index (χ4v) is 12.9. The Bertz CT molecular complexity index is 2610. The van der Waals surface area contributed by atoms with Crippen LogP contribution < -0.4 is 10.0 Å². The molecule has 0 bridgehead atoms. The fraction of sp³-hybridized carbons (Fsp3) is 0.500. The van der Waals surface area contributed by atoms with Crippen LogP contribution in [-0.2, 0) is 37.6 Å². The van der Waals surface area contributed by atoms with Crippen LogP contribution in [0.25, 0.3) is 5.57 Å². The van der Waals surface area contributed by atoms with Crippen LogP contribution in [0.1, 0.15) is 69.2 Å². The summed E-state index contributed by atoms with van der Waals surface area (Å²) in [7, 11) is -10.6. The van der Waals surface area contributed by atoms with Gasteiger partial charge in [0.15, 0.2) is 0 Å². The normalized spacial score (nSPS) is 19.8. The van der Waals surface area contributed by atoms with Crippen LogP contribution in [0.4, 0.5) is 24.7 Å². The number of rotatable bonds is 16. The molecule has 0 amide bonds. The van der Waals surface area contributed by atoms with Crippen LogP contribution in [0.15, 0.2) is 99.4 Å². The molecule has 4 aromatic rings. The van der Waals surface area contributed by atoms with Crippen LogP contribution in [0.2, 0.25) is 5.02 Å². The van der Waals surface area contributed by atoms with Crippen molar-refractivity contribution in [2.75, 3.05) is 74.8 Å². The summed E-state index contributed by atoms with van der Waals surface area (Å²) < 4.78 is 105. The van der Waals surface area contributed by atoms with E-state index in [0.29, 0.717) is 87.9 Å². The second kappa shape index (κ2) is 21.1. The van der Waals surface area contributed by atoms with Gasteiger partial charge in [-0.05, 0) is 117 Å². The summed E-state index contributed by atoms with van der Waals surface area (Å²) in [6.07, 6.45) is 7.40. The van der Waals surface area contributed by atoms with Crippen molar-refractivity contribution in [3.63, 3.8) is 0 Å². The van der Waals surface area contributed by atoms with Crippen molar-refractivity contribution >= 4 is 60.3 Å². The number of anilines is 2. The Morgan fingerprint density at radius 2 is 1.64 bits per heavy atom. The monoisotopic (exact) mass is 1000 g/mol. The number of halogens is 4. The van der Waals surface area contributed by atoms with Gasteiger partial charge in [-0.1, -0.05) is 61.4 Å². The highest BCUT2D eigenvalue weighted by Crippen LogP contribution is 2.43. The molecule has 1 aliphatic carbocycles. The molecular formula is C48H59ClF3N7O5S3. The Balaban J connectivity index is 0.952. The Morgan fingerprint density at radius 1 is 0.910 bits per heavy atom. The number of ether oxygens (including phenoxy) is 1. The molecule has 0 saturated carbocycles. The molecule has 0 spiro atoms. The van der Waals surface area contributed by atoms with Gasteiger partial charge in [-0.15, -0.1) is 11.8 Å². The number of benzene rings is 3. The number of hydrogen-bond acceptors (Lipinski definition) is 12. The molecule has 3 aliphatic heterocycles. The van der Waals surface area contributed by atoms with Gasteiger partial charge in [-0.3, -0.25) is 19.4 Å². The lowest BCUT2D eigenvalue weighted by atomic mass is 9.72. The van der Waals surface area contributed by atoms with E-state index in [1.807, 2.05) is 42.5 Å². The highest BCUT2D eigenvalue weighted by molar-refractivity contribution is 7.99. The van der Waals surface area contributed by atoms with Crippen LogP contribution in [0, 0.1) is 5.41 Å². The standard InChI is InChI=1S/C48H59ClF3N7O5S3/c1-47(2)19-14-41(34-8-10-36(49)11-9-34)35(29-47)30-58-21-16-38(17-22-58)59-23-18-42-44(31-59)53-33-54-46(42)56-67(62,63)40-12-13-43(45(28-40)66(60,61)48(50,51)52)55-37(15-20-57-24-26-64-27-25-57)32-65-39-6-4-3-5-7-39/h3-13,28,33,37-38,55H,14-27,29-32H2,1-2H3,(H,53,54,56). The van der Waals surface area contributed by atoms with Crippen LogP contribution >= 0.6 is 23.4 Å². The van der Waals surface area contributed by atoms with Crippen molar-refractivity contribution in [2.45, 2.75) is 97.6 Å². The first-order valence-corrected chi connectivity index (χ1v) is 27.3. The van der Waals surface area contributed by atoms with Crippen molar-refractivity contribution in [1.82, 2.24) is 24.7 Å². The number of aromatic nitrogens is 2. The van der Waals surface area contributed by atoms with E-state index in [-0.39, 0.29) is 16.9 Å². The topological polar surface area (TPSA) is 137 Å². The van der Waals surface area contributed by atoms with Crippen molar-refractivity contribution in [1.29, 1.82) is 0 Å². The molecule has 67 heavy (non-hydrogen) atoms. The molecule has 4 aliphatic rings. The number of morpholine rings is 1. The Labute approximate surface area is 402 Å². The van der Waals surface area contributed by atoms with E-state index in [2.05, 4.69) is 60.7 Å². The van der Waals surface area contributed by atoms with Crippen LogP contribution in [0.5, 0.6) is 0 Å². The summed E-state index contributed by atoms with van der Waals surface area (Å²) >= 11 is 7.70. The largest absolute Gasteiger partial charge is 0.501 e. The lowest BCUT2D eigenvalue weighted by Crippen LogP contribution is -2.47. The zero-order valence-corrected chi connectivity index (χ0v) is 41.1. The Morgan fingerprint density at radius 3 is 2.36 bits per heavy atom. The van der Waals surface area contributed by atoms with Crippen molar-refractivity contribution in [2.24, 2.45) is 5.41 Å². The van der Waals surface area contributed by atoms with Gasteiger partial charge >= 0.3 is 5.51 Å². The third kappa shape index (κ3) is 12.4. The van der Waals surface area contributed by atoms with Gasteiger partial charge in [-0.2, -0.15) is 13.2 Å². The Kier molecular flexibility index (Phi) is 15.6. The van der Waals surface area contributed by atoms with Gasteiger partial charge in [0.05, 0.1) is 29.5 Å². The highest BCUT2D eigenvalue weighted by Gasteiger charge is 2.48. The molecule has 1 aromatic heterocycles. The number of sulfonamides is 1. The second-order valence-electron chi connectivity index (χ2n) is 18.7. The molecule has 2 N–H and O–H groups in total. The molecule has 1 unspecified atom stereocenters. The number of hydrogen-bond donors (Lipinski definition) is 2. The summed E-state index contributed by atoms with van der Waals surface area (Å²) in [6, 6.07) is 20.3.